The molecule has 1 fully saturated rings. The highest BCUT2D eigenvalue weighted by Gasteiger charge is 2.39. The van der Waals surface area contributed by atoms with E-state index in [1.54, 1.807) is 42.4 Å². The molecule has 2 aromatic heterocycles. The molecule has 0 spiro atoms. The van der Waals surface area contributed by atoms with Gasteiger partial charge in [-0.15, -0.1) is 5.10 Å². The number of carbonyl (C=O) groups is 3. The Labute approximate surface area is 188 Å². The molecule has 1 unspecified atom stereocenters. The Hall–Kier alpha value is -4.28. The van der Waals surface area contributed by atoms with Gasteiger partial charge in [-0.1, -0.05) is 5.21 Å². The second-order valence-electron chi connectivity index (χ2n) is 7.72. The van der Waals surface area contributed by atoms with Crippen molar-refractivity contribution in [1.29, 1.82) is 0 Å². The van der Waals surface area contributed by atoms with E-state index in [1.165, 1.54) is 12.0 Å². The number of nitrogens with one attached hydrogen (secondary N) is 1. The number of hydrogen-bond acceptors (Lipinski definition) is 8. The largest absolute Gasteiger partial charge is 0.495 e. The number of benzene rings is 1. The fraction of sp³-hybridized carbons (Fsp3) is 0.273. The Morgan fingerprint density at radius 2 is 1.97 bits per heavy atom. The van der Waals surface area contributed by atoms with E-state index in [1.807, 2.05) is 6.07 Å². The molecule has 1 atom stereocenters. The lowest BCUT2D eigenvalue weighted by Gasteiger charge is -2.29. The maximum atomic E-state index is 12.9. The molecule has 4 heterocycles. The molecule has 3 aromatic rings. The maximum Gasteiger partial charge on any atom is 0.255 e. The normalized spacial score (nSPS) is 17.7. The number of carbonyl (C=O) groups excluding carboxylic acids is 3. The van der Waals surface area contributed by atoms with Gasteiger partial charge < -0.3 is 14.4 Å². The average molecular weight is 448 g/mol. The number of fused-ring (bicyclic) bond motifs is 1. The van der Waals surface area contributed by atoms with Crippen LogP contribution in [0.2, 0.25) is 0 Å². The molecule has 33 heavy (non-hydrogen) atoms. The molecule has 0 aliphatic carbocycles. The average Bonchev–Trinajstić information content (AvgIpc) is 3.43. The Balaban J connectivity index is 1.41. The lowest BCUT2D eigenvalue weighted by molar-refractivity contribution is -0.136. The minimum absolute atomic E-state index is 0.215. The van der Waals surface area contributed by atoms with E-state index in [2.05, 4.69) is 20.6 Å². The van der Waals surface area contributed by atoms with E-state index >= 15 is 0 Å². The van der Waals surface area contributed by atoms with Gasteiger partial charge in [0, 0.05) is 24.6 Å². The summed E-state index contributed by atoms with van der Waals surface area (Å²) in [6.07, 6.45) is 3.82. The van der Waals surface area contributed by atoms with E-state index in [0.717, 1.165) is 5.56 Å². The highest BCUT2D eigenvalue weighted by atomic mass is 16.5. The Kier molecular flexibility index (Phi) is 5.00. The van der Waals surface area contributed by atoms with Gasteiger partial charge >= 0.3 is 0 Å². The van der Waals surface area contributed by atoms with Crippen LogP contribution < -0.4 is 14.8 Å². The number of hydrogen-bond donors (Lipinski definition) is 1. The molecule has 168 valence electrons. The summed E-state index contributed by atoms with van der Waals surface area (Å²) in [4.78, 5) is 42.4. The van der Waals surface area contributed by atoms with Crippen LogP contribution in [0.1, 0.15) is 28.8 Å². The molecule has 0 bridgehead atoms. The molecule has 1 aromatic carbocycles. The van der Waals surface area contributed by atoms with Crippen LogP contribution in [-0.2, 0) is 16.1 Å². The van der Waals surface area contributed by atoms with E-state index in [9.17, 15) is 14.4 Å². The molecule has 0 saturated carbocycles. The number of piperidine rings is 1. The van der Waals surface area contributed by atoms with E-state index in [4.69, 9.17) is 9.47 Å². The minimum Gasteiger partial charge on any atom is -0.495 e. The van der Waals surface area contributed by atoms with Gasteiger partial charge in [-0.3, -0.25) is 19.7 Å². The zero-order chi connectivity index (χ0) is 23.1. The quantitative estimate of drug-likeness (QED) is 0.575. The highest BCUT2D eigenvalue weighted by Crippen LogP contribution is 2.31. The number of aromatic nitrogens is 4. The summed E-state index contributed by atoms with van der Waals surface area (Å²) in [7, 11) is 3.09. The lowest BCUT2D eigenvalue weighted by atomic mass is 10.0. The molecule has 2 aliphatic heterocycles. The Bertz CT molecular complexity index is 1290. The van der Waals surface area contributed by atoms with Crippen LogP contribution in [0.5, 0.6) is 11.5 Å². The first-order valence-corrected chi connectivity index (χ1v) is 10.3. The maximum absolute atomic E-state index is 12.9. The van der Waals surface area contributed by atoms with Gasteiger partial charge in [-0.25, -0.2) is 9.67 Å². The Morgan fingerprint density at radius 3 is 2.73 bits per heavy atom. The predicted molar refractivity (Wildman–Crippen MR) is 114 cm³/mol. The summed E-state index contributed by atoms with van der Waals surface area (Å²) in [5.74, 6) is 0.0901. The third kappa shape index (κ3) is 3.56. The first-order valence-electron chi connectivity index (χ1n) is 10.3. The molecule has 0 radical (unpaired) electrons. The number of rotatable bonds is 5. The second-order valence-corrected chi connectivity index (χ2v) is 7.72. The predicted octanol–water partition coefficient (Wildman–Crippen LogP) is 1.11. The van der Waals surface area contributed by atoms with Crippen LogP contribution in [0.25, 0.3) is 17.1 Å². The summed E-state index contributed by atoms with van der Waals surface area (Å²) >= 11 is 0. The van der Waals surface area contributed by atoms with Crippen LogP contribution in [0, 0.1) is 0 Å². The van der Waals surface area contributed by atoms with Gasteiger partial charge in [0.15, 0.2) is 5.75 Å². The van der Waals surface area contributed by atoms with Crippen LogP contribution in [0.3, 0.4) is 0 Å². The van der Waals surface area contributed by atoms with Gasteiger partial charge in [0.25, 0.3) is 5.91 Å². The second kappa shape index (κ2) is 8.01. The van der Waals surface area contributed by atoms with Crippen LogP contribution in [0.15, 0.2) is 36.7 Å². The first-order chi connectivity index (χ1) is 16.0. The number of ether oxygens (including phenoxy) is 2. The van der Waals surface area contributed by atoms with Crippen LogP contribution in [0.4, 0.5) is 0 Å². The van der Waals surface area contributed by atoms with Crippen molar-refractivity contribution in [2.45, 2.75) is 25.4 Å². The number of amides is 3. The zero-order valence-electron chi connectivity index (χ0n) is 17.9. The van der Waals surface area contributed by atoms with Crippen molar-refractivity contribution in [3.8, 4) is 28.6 Å². The third-order valence-electron chi connectivity index (χ3n) is 5.79. The summed E-state index contributed by atoms with van der Waals surface area (Å²) in [6.45, 7) is 0.281. The van der Waals surface area contributed by atoms with Crippen molar-refractivity contribution in [2.75, 3.05) is 14.2 Å². The van der Waals surface area contributed by atoms with Crippen molar-refractivity contribution in [3.05, 3.63) is 47.8 Å². The van der Waals surface area contributed by atoms with Gasteiger partial charge in [0.05, 0.1) is 32.3 Å². The molecule has 1 saturated heterocycles. The fourth-order valence-corrected chi connectivity index (χ4v) is 4.09. The highest BCUT2D eigenvalue weighted by molar-refractivity contribution is 6.05. The number of nitrogens with zero attached hydrogens (tertiary/aromatic N) is 5. The minimum atomic E-state index is -0.655. The molecule has 11 heteroatoms. The van der Waals surface area contributed by atoms with Crippen LogP contribution >= 0.6 is 0 Å². The van der Waals surface area contributed by atoms with E-state index in [-0.39, 0.29) is 24.8 Å². The topological polar surface area (TPSA) is 129 Å². The smallest absolute Gasteiger partial charge is 0.255 e. The van der Waals surface area contributed by atoms with Crippen LogP contribution in [-0.4, -0.2) is 62.9 Å². The van der Waals surface area contributed by atoms with Crippen molar-refractivity contribution < 1.29 is 23.9 Å². The summed E-state index contributed by atoms with van der Waals surface area (Å²) in [5.41, 5.74) is 3.04. The van der Waals surface area contributed by atoms with Gasteiger partial charge in [0.1, 0.15) is 23.2 Å². The first kappa shape index (κ1) is 20.6. The van der Waals surface area contributed by atoms with E-state index in [0.29, 0.717) is 40.6 Å². The summed E-state index contributed by atoms with van der Waals surface area (Å²) in [6, 6.07) is 6.38. The number of methoxy groups -OCH3 is 2. The SMILES string of the molecule is COc1cnc(-c2cn(-c3ccc4c(c3)CN(C3CCC(=O)NC3=O)C4=O)nn2)c(OC)c1. The molecule has 5 rings (SSSR count). The summed E-state index contributed by atoms with van der Waals surface area (Å²) < 4.78 is 12.2. The third-order valence-corrected chi connectivity index (χ3v) is 5.79. The fourth-order valence-electron chi connectivity index (χ4n) is 4.09. The van der Waals surface area contributed by atoms with Crippen molar-refractivity contribution in [3.63, 3.8) is 0 Å². The molecular formula is C22H20N6O5. The monoisotopic (exact) mass is 448 g/mol. The van der Waals surface area contributed by atoms with Crippen molar-refractivity contribution in [2.24, 2.45) is 0 Å². The molecule has 11 nitrogen and oxygen atoms in total. The molecule has 2 aliphatic rings. The number of imide groups is 1. The number of pyridine rings is 1. The standard InChI is InChI=1S/C22H20N6O5/c1-32-14-8-18(33-2)20(23-9-14)16-11-28(26-25-16)13-3-4-15-12(7-13)10-27(22(15)31)17-5-6-19(29)24-21(17)30/h3-4,7-9,11,17H,5-6,10H2,1-2H3,(H,24,29,30). The Morgan fingerprint density at radius 1 is 1.12 bits per heavy atom. The lowest BCUT2D eigenvalue weighted by Crippen LogP contribution is -2.52. The summed E-state index contributed by atoms with van der Waals surface area (Å²) in [5, 5.41) is 10.7. The van der Waals surface area contributed by atoms with Gasteiger partial charge in [-0.2, -0.15) is 0 Å². The molecule has 1 N–H and O–H groups in total. The van der Waals surface area contributed by atoms with Gasteiger partial charge in [-0.05, 0) is 30.2 Å². The zero-order valence-corrected chi connectivity index (χ0v) is 17.9. The van der Waals surface area contributed by atoms with Gasteiger partial charge in [0.2, 0.25) is 11.8 Å². The van der Waals surface area contributed by atoms with E-state index < -0.39 is 11.9 Å². The molecular weight excluding hydrogens is 428 g/mol. The van der Waals surface area contributed by atoms with Crippen molar-refractivity contribution >= 4 is 17.7 Å². The van der Waals surface area contributed by atoms with Crippen molar-refractivity contribution in [1.82, 2.24) is 30.2 Å². The molecule has 3 amide bonds.